The molecule has 1 aromatic carbocycles. The molecule has 100 valence electrons. The smallest absolute Gasteiger partial charge is 0.335 e. The van der Waals surface area contributed by atoms with Crippen LogP contribution in [0.2, 0.25) is 0 Å². The highest BCUT2D eigenvalue weighted by molar-refractivity contribution is 7.71. The summed E-state index contributed by atoms with van der Waals surface area (Å²) in [6, 6.07) is 8.58. The van der Waals surface area contributed by atoms with Gasteiger partial charge in [-0.15, -0.1) is 0 Å². The largest absolute Gasteiger partial charge is 0.426 e. The molecule has 0 aliphatic carbocycles. The average Bonchev–Trinajstić information content (AvgIpc) is 2.38. The molecule has 3 rings (SSSR count). The molecule has 2 heterocycles. The van der Waals surface area contributed by atoms with Gasteiger partial charge in [0.25, 0.3) is 5.56 Å². The lowest BCUT2D eigenvalue weighted by atomic mass is 10.3. The third-order valence-electron chi connectivity index (χ3n) is 2.80. The monoisotopic (exact) mass is 287 g/mol. The van der Waals surface area contributed by atoms with Gasteiger partial charge in [-0.2, -0.15) is 0 Å². The van der Waals surface area contributed by atoms with Crippen LogP contribution in [0.25, 0.3) is 16.8 Å². The summed E-state index contributed by atoms with van der Waals surface area (Å²) in [5.41, 5.74) is -0.631. The van der Waals surface area contributed by atoms with Crippen LogP contribution >= 0.6 is 12.2 Å². The summed E-state index contributed by atoms with van der Waals surface area (Å²) < 4.78 is 6.36. The van der Waals surface area contributed by atoms with Gasteiger partial charge in [0.1, 0.15) is 10.0 Å². The number of hydrogen-bond acceptors (Lipinski definition) is 5. The number of nitrogens with zero attached hydrogens (tertiary/aromatic N) is 2. The van der Waals surface area contributed by atoms with Crippen molar-refractivity contribution >= 4 is 23.3 Å². The van der Waals surface area contributed by atoms with Gasteiger partial charge in [-0.3, -0.25) is 9.78 Å². The van der Waals surface area contributed by atoms with Crippen LogP contribution in [0.3, 0.4) is 0 Å². The van der Waals surface area contributed by atoms with E-state index in [0.717, 1.165) is 4.57 Å². The van der Waals surface area contributed by atoms with Crippen molar-refractivity contribution in [2.45, 2.75) is 6.92 Å². The van der Waals surface area contributed by atoms with Crippen LogP contribution in [-0.4, -0.2) is 14.5 Å². The molecule has 0 atom stereocenters. The summed E-state index contributed by atoms with van der Waals surface area (Å²) in [4.78, 5) is 31.0. The second-order valence-electron chi connectivity index (χ2n) is 4.15. The zero-order chi connectivity index (χ0) is 14.3. The zero-order valence-corrected chi connectivity index (χ0v) is 11.2. The molecule has 1 N–H and O–H groups in total. The number of fused-ring (bicyclic) bond motifs is 1. The average molecular weight is 287 g/mol. The maximum absolute atomic E-state index is 12.5. The van der Waals surface area contributed by atoms with Crippen LogP contribution in [0.15, 0.2) is 44.3 Å². The molecule has 0 aliphatic heterocycles. The number of aromatic amines is 1. The molecule has 0 bridgehead atoms. The van der Waals surface area contributed by atoms with Crippen LogP contribution in [0.1, 0.15) is 5.89 Å². The number of nitrogens with one attached hydrogen (secondary N) is 1. The van der Waals surface area contributed by atoms with E-state index in [1.807, 2.05) is 0 Å². The normalized spacial score (nSPS) is 10.8. The molecule has 7 heteroatoms. The molecular weight excluding hydrogens is 278 g/mol. The summed E-state index contributed by atoms with van der Waals surface area (Å²) in [5, 5.41) is 0.0917. The van der Waals surface area contributed by atoms with E-state index in [9.17, 15) is 9.59 Å². The summed E-state index contributed by atoms with van der Waals surface area (Å²) in [7, 11) is 0. The predicted octanol–water partition coefficient (Wildman–Crippen LogP) is 1.70. The minimum atomic E-state index is -0.586. The number of hydrogen-bond donors (Lipinski definition) is 1. The van der Waals surface area contributed by atoms with E-state index in [0.29, 0.717) is 5.69 Å². The van der Waals surface area contributed by atoms with Crippen LogP contribution in [0, 0.1) is 11.6 Å². The van der Waals surface area contributed by atoms with E-state index >= 15 is 0 Å². The third-order valence-corrected chi connectivity index (χ3v) is 3.10. The van der Waals surface area contributed by atoms with Crippen LogP contribution in [0.5, 0.6) is 0 Å². The van der Waals surface area contributed by atoms with E-state index in [1.165, 1.54) is 0 Å². The SMILES string of the molecule is Cc1nc(=S)c2c(=O)n(-c3ccccc3)c(=O)[nH]c2o1. The maximum Gasteiger partial charge on any atom is 0.335 e. The van der Waals surface area contributed by atoms with Crippen molar-refractivity contribution in [2.75, 3.05) is 0 Å². The van der Waals surface area contributed by atoms with Gasteiger partial charge >= 0.3 is 5.69 Å². The Bertz CT molecular complexity index is 970. The lowest BCUT2D eigenvalue weighted by Crippen LogP contribution is -2.33. The number of para-hydroxylation sites is 1. The quantitative estimate of drug-likeness (QED) is 0.689. The third kappa shape index (κ3) is 1.88. The highest BCUT2D eigenvalue weighted by Gasteiger charge is 2.13. The van der Waals surface area contributed by atoms with Crippen LogP contribution in [-0.2, 0) is 0 Å². The Balaban J connectivity index is 2.51. The Hall–Kier alpha value is -2.54. The van der Waals surface area contributed by atoms with Crippen molar-refractivity contribution in [3.8, 4) is 5.69 Å². The first-order valence-corrected chi connectivity index (χ1v) is 6.21. The summed E-state index contributed by atoms with van der Waals surface area (Å²) in [5.74, 6) is 0.287. The van der Waals surface area contributed by atoms with E-state index < -0.39 is 11.2 Å². The molecule has 0 saturated carbocycles. The van der Waals surface area contributed by atoms with E-state index in [1.54, 1.807) is 37.3 Å². The first-order chi connectivity index (χ1) is 9.58. The van der Waals surface area contributed by atoms with Gasteiger partial charge in [-0.1, -0.05) is 30.4 Å². The van der Waals surface area contributed by atoms with Gasteiger partial charge in [0.2, 0.25) is 5.71 Å². The molecule has 0 radical (unpaired) electrons. The number of aromatic nitrogens is 3. The standard InChI is InChI=1S/C13H9N3O3S/c1-7-14-11(20)9-10(19-7)15-13(18)16(12(9)17)8-5-3-2-4-6-8/h2-6H,1H3,(H,15,18). The highest BCUT2D eigenvalue weighted by atomic mass is 32.1. The number of aryl methyl sites for hydroxylation is 1. The van der Waals surface area contributed by atoms with Gasteiger partial charge in [0.15, 0.2) is 5.89 Å². The first kappa shape index (κ1) is 12.5. The molecule has 0 unspecified atom stereocenters. The Morgan fingerprint density at radius 2 is 1.95 bits per heavy atom. The van der Waals surface area contributed by atoms with E-state index in [4.69, 9.17) is 16.6 Å². The molecule has 20 heavy (non-hydrogen) atoms. The number of rotatable bonds is 1. The van der Waals surface area contributed by atoms with Crippen LogP contribution < -0.4 is 11.2 Å². The fraction of sp³-hybridized carbons (Fsp3) is 0.0769. The first-order valence-electron chi connectivity index (χ1n) is 5.80. The summed E-state index contributed by atoms with van der Waals surface area (Å²) >= 11 is 5.08. The fourth-order valence-electron chi connectivity index (χ4n) is 1.96. The van der Waals surface area contributed by atoms with Crippen LogP contribution in [0.4, 0.5) is 0 Å². The second kappa shape index (κ2) is 4.53. The molecule has 3 aromatic rings. The van der Waals surface area contributed by atoms with Gasteiger partial charge < -0.3 is 4.42 Å². The van der Waals surface area contributed by atoms with Gasteiger partial charge in [0, 0.05) is 6.92 Å². The molecule has 0 fully saturated rings. The predicted molar refractivity (Wildman–Crippen MR) is 75.8 cm³/mol. The van der Waals surface area contributed by atoms with Crippen molar-refractivity contribution in [3.05, 3.63) is 61.7 Å². The lowest BCUT2D eigenvalue weighted by Gasteiger charge is -2.05. The molecule has 0 saturated heterocycles. The Kier molecular flexibility index (Phi) is 2.83. The van der Waals surface area contributed by atoms with Crippen molar-refractivity contribution < 1.29 is 4.42 Å². The summed E-state index contributed by atoms with van der Waals surface area (Å²) in [6.45, 7) is 1.59. The Morgan fingerprint density at radius 3 is 2.65 bits per heavy atom. The summed E-state index contributed by atoms with van der Waals surface area (Å²) in [6.07, 6.45) is 0. The van der Waals surface area contributed by atoms with E-state index in [2.05, 4.69) is 9.97 Å². The Morgan fingerprint density at radius 1 is 1.25 bits per heavy atom. The van der Waals surface area contributed by atoms with Crippen molar-refractivity contribution in [1.29, 1.82) is 0 Å². The lowest BCUT2D eigenvalue weighted by molar-refractivity contribution is 0.522. The van der Waals surface area contributed by atoms with Gasteiger partial charge in [0.05, 0.1) is 5.69 Å². The molecule has 2 aromatic heterocycles. The van der Waals surface area contributed by atoms with Gasteiger partial charge in [-0.25, -0.2) is 14.3 Å². The maximum atomic E-state index is 12.5. The fourth-order valence-corrected chi connectivity index (χ4v) is 2.27. The second-order valence-corrected chi connectivity index (χ2v) is 4.54. The minimum absolute atomic E-state index is 0.0460. The zero-order valence-electron chi connectivity index (χ0n) is 10.4. The molecule has 0 amide bonds. The topological polar surface area (TPSA) is 80.9 Å². The Labute approximate surface area is 117 Å². The minimum Gasteiger partial charge on any atom is -0.426 e. The van der Waals surface area contributed by atoms with Crippen molar-refractivity contribution in [3.63, 3.8) is 0 Å². The molecular formula is C13H9N3O3S. The highest BCUT2D eigenvalue weighted by Crippen LogP contribution is 2.09. The number of benzene rings is 1. The molecule has 0 spiro atoms. The molecule has 6 nitrogen and oxygen atoms in total. The van der Waals surface area contributed by atoms with Crippen molar-refractivity contribution in [2.24, 2.45) is 0 Å². The van der Waals surface area contributed by atoms with Crippen molar-refractivity contribution in [1.82, 2.24) is 14.5 Å². The van der Waals surface area contributed by atoms with Gasteiger partial charge in [-0.05, 0) is 12.1 Å². The van der Waals surface area contributed by atoms with E-state index in [-0.39, 0.29) is 21.6 Å². The molecule has 0 aliphatic rings. The number of H-pyrrole nitrogens is 1.